The van der Waals surface area contributed by atoms with Crippen LogP contribution in [0.15, 0.2) is 30.3 Å². The van der Waals surface area contributed by atoms with Crippen LogP contribution in [-0.2, 0) is 0 Å². The number of rotatable bonds is 2. The van der Waals surface area contributed by atoms with Crippen LogP contribution in [0.3, 0.4) is 0 Å². The van der Waals surface area contributed by atoms with Crippen LogP contribution in [0.25, 0.3) is 0 Å². The first kappa shape index (κ1) is 7.29. The molecule has 0 amide bonds. The van der Waals surface area contributed by atoms with Crippen molar-refractivity contribution in [2.45, 2.75) is 12.8 Å². The lowest BCUT2D eigenvalue weighted by atomic mass is 10.0. The highest BCUT2D eigenvalue weighted by molar-refractivity contribution is 5.19. The highest BCUT2D eigenvalue weighted by atomic mass is 16.3. The molecular weight excluding hydrogens is 124 g/mol. The molecule has 0 bridgehead atoms. The minimum Gasteiger partial charge on any atom is -0.390 e. The zero-order valence-corrected chi connectivity index (χ0v) is 5.99. The standard InChI is InChI=1S/C9H11O/c1-8(7-10)9-5-3-2-4-6-9/h2-8,10H,1H3. The maximum absolute atomic E-state index is 8.66. The molecule has 1 rings (SSSR count). The summed E-state index contributed by atoms with van der Waals surface area (Å²) in [7, 11) is 0. The van der Waals surface area contributed by atoms with E-state index in [1.54, 1.807) is 0 Å². The van der Waals surface area contributed by atoms with E-state index in [1.807, 2.05) is 37.3 Å². The van der Waals surface area contributed by atoms with Crippen molar-refractivity contribution in [2.24, 2.45) is 0 Å². The van der Waals surface area contributed by atoms with E-state index in [0.29, 0.717) is 0 Å². The van der Waals surface area contributed by atoms with Gasteiger partial charge >= 0.3 is 0 Å². The average Bonchev–Trinajstić information content (AvgIpc) is 2.05. The van der Waals surface area contributed by atoms with Crippen LogP contribution >= 0.6 is 0 Å². The van der Waals surface area contributed by atoms with Gasteiger partial charge in [0, 0.05) is 5.92 Å². The van der Waals surface area contributed by atoms with Crippen molar-refractivity contribution in [3.8, 4) is 0 Å². The molecule has 10 heavy (non-hydrogen) atoms. The van der Waals surface area contributed by atoms with Crippen molar-refractivity contribution < 1.29 is 5.11 Å². The maximum Gasteiger partial charge on any atom is 0.0870 e. The van der Waals surface area contributed by atoms with E-state index in [-0.39, 0.29) is 5.92 Å². The summed E-state index contributed by atoms with van der Waals surface area (Å²) in [5.74, 6) is 0.140. The summed E-state index contributed by atoms with van der Waals surface area (Å²) in [4.78, 5) is 0. The predicted molar refractivity (Wildman–Crippen MR) is 41.1 cm³/mol. The van der Waals surface area contributed by atoms with Crippen LogP contribution in [0.5, 0.6) is 0 Å². The summed E-state index contributed by atoms with van der Waals surface area (Å²) in [6, 6.07) is 9.90. The van der Waals surface area contributed by atoms with Crippen molar-refractivity contribution in [1.29, 1.82) is 0 Å². The van der Waals surface area contributed by atoms with Crippen LogP contribution in [0, 0.1) is 6.61 Å². The van der Waals surface area contributed by atoms with Crippen LogP contribution in [0.4, 0.5) is 0 Å². The molecule has 0 aromatic heterocycles. The van der Waals surface area contributed by atoms with Crippen LogP contribution in [0.2, 0.25) is 0 Å². The summed E-state index contributed by atoms with van der Waals surface area (Å²) in [5, 5.41) is 8.66. The fourth-order valence-electron chi connectivity index (χ4n) is 0.843. The summed E-state index contributed by atoms with van der Waals surface area (Å²) in [6.45, 7) is 3.16. The minimum atomic E-state index is 0.140. The Morgan fingerprint density at radius 2 is 1.90 bits per heavy atom. The molecule has 0 aliphatic rings. The molecule has 1 unspecified atom stereocenters. The molecule has 53 valence electrons. The molecule has 0 saturated heterocycles. The number of benzene rings is 1. The Balaban J connectivity index is 2.75. The van der Waals surface area contributed by atoms with E-state index >= 15 is 0 Å². The molecule has 0 saturated carbocycles. The van der Waals surface area contributed by atoms with Crippen molar-refractivity contribution >= 4 is 0 Å². The van der Waals surface area contributed by atoms with E-state index in [0.717, 1.165) is 5.56 Å². The molecule has 1 radical (unpaired) electrons. The summed E-state index contributed by atoms with van der Waals surface area (Å²) >= 11 is 0. The predicted octanol–water partition coefficient (Wildman–Crippen LogP) is 2.32. The molecule has 1 atom stereocenters. The molecule has 1 nitrogen and oxygen atoms in total. The number of hydrogen-bond donors (Lipinski definition) is 1. The second-order valence-corrected chi connectivity index (χ2v) is 2.35. The van der Waals surface area contributed by atoms with Crippen molar-refractivity contribution in [3.63, 3.8) is 0 Å². The third-order valence-corrected chi connectivity index (χ3v) is 1.55. The minimum absolute atomic E-state index is 0.140. The quantitative estimate of drug-likeness (QED) is 0.659. The van der Waals surface area contributed by atoms with Gasteiger partial charge in [-0.2, -0.15) is 0 Å². The van der Waals surface area contributed by atoms with Gasteiger partial charge in [0.15, 0.2) is 0 Å². The first-order chi connectivity index (χ1) is 4.84. The monoisotopic (exact) mass is 135 g/mol. The second-order valence-electron chi connectivity index (χ2n) is 2.35. The van der Waals surface area contributed by atoms with Gasteiger partial charge in [0.25, 0.3) is 0 Å². The zero-order valence-electron chi connectivity index (χ0n) is 5.99. The molecule has 0 aliphatic heterocycles. The van der Waals surface area contributed by atoms with Gasteiger partial charge in [0.2, 0.25) is 0 Å². The average molecular weight is 135 g/mol. The Labute approximate surface area is 61.3 Å². The van der Waals surface area contributed by atoms with Gasteiger partial charge in [-0.25, -0.2) is 0 Å². The fourth-order valence-corrected chi connectivity index (χ4v) is 0.843. The van der Waals surface area contributed by atoms with Gasteiger partial charge in [0.1, 0.15) is 0 Å². The largest absolute Gasteiger partial charge is 0.390 e. The summed E-state index contributed by atoms with van der Waals surface area (Å²) < 4.78 is 0. The van der Waals surface area contributed by atoms with Gasteiger partial charge in [-0.3, -0.25) is 0 Å². The number of aliphatic hydroxyl groups excluding tert-OH is 1. The fraction of sp³-hybridized carbons (Fsp3) is 0.222. The van der Waals surface area contributed by atoms with Crippen molar-refractivity contribution in [1.82, 2.24) is 0 Å². The van der Waals surface area contributed by atoms with Gasteiger partial charge in [-0.05, 0) is 5.56 Å². The number of hydrogen-bond acceptors (Lipinski definition) is 1. The Hall–Kier alpha value is -0.820. The third-order valence-electron chi connectivity index (χ3n) is 1.55. The third kappa shape index (κ3) is 1.58. The zero-order chi connectivity index (χ0) is 7.40. The molecule has 0 fully saturated rings. The molecule has 0 heterocycles. The molecule has 1 N–H and O–H groups in total. The summed E-state index contributed by atoms with van der Waals surface area (Å²) in [5.41, 5.74) is 1.14. The lowest BCUT2D eigenvalue weighted by Crippen LogP contribution is -1.91. The Morgan fingerprint density at radius 1 is 1.30 bits per heavy atom. The van der Waals surface area contributed by atoms with E-state index in [1.165, 1.54) is 6.61 Å². The van der Waals surface area contributed by atoms with Gasteiger partial charge < -0.3 is 5.11 Å². The maximum atomic E-state index is 8.66. The highest BCUT2D eigenvalue weighted by Crippen LogP contribution is 2.14. The topological polar surface area (TPSA) is 20.2 Å². The Bertz CT molecular complexity index is 181. The Morgan fingerprint density at radius 3 is 2.40 bits per heavy atom. The smallest absolute Gasteiger partial charge is 0.0870 e. The second kappa shape index (κ2) is 3.37. The SMILES string of the molecule is CC([CH]O)c1ccccc1. The lowest BCUT2D eigenvalue weighted by molar-refractivity contribution is 0.361. The molecule has 1 heteroatoms. The van der Waals surface area contributed by atoms with Gasteiger partial charge in [-0.1, -0.05) is 37.3 Å². The lowest BCUT2D eigenvalue weighted by Gasteiger charge is -2.05. The van der Waals surface area contributed by atoms with E-state index in [9.17, 15) is 0 Å². The van der Waals surface area contributed by atoms with Crippen LogP contribution in [-0.4, -0.2) is 5.11 Å². The molecular formula is C9H11O. The molecule has 0 aliphatic carbocycles. The normalized spacial score (nSPS) is 13.0. The summed E-state index contributed by atoms with van der Waals surface area (Å²) in [6.07, 6.45) is 0. The first-order valence-corrected chi connectivity index (χ1v) is 3.37. The van der Waals surface area contributed by atoms with E-state index in [2.05, 4.69) is 0 Å². The van der Waals surface area contributed by atoms with Crippen LogP contribution in [0.1, 0.15) is 18.4 Å². The van der Waals surface area contributed by atoms with E-state index in [4.69, 9.17) is 5.11 Å². The van der Waals surface area contributed by atoms with Crippen molar-refractivity contribution in [2.75, 3.05) is 0 Å². The van der Waals surface area contributed by atoms with Crippen LogP contribution < -0.4 is 0 Å². The van der Waals surface area contributed by atoms with E-state index < -0.39 is 0 Å². The van der Waals surface area contributed by atoms with Gasteiger partial charge in [0.05, 0.1) is 6.61 Å². The van der Waals surface area contributed by atoms with Crippen molar-refractivity contribution in [3.05, 3.63) is 42.5 Å². The number of aliphatic hydroxyl groups is 1. The van der Waals surface area contributed by atoms with Gasteiger partial charge in [-0.15, -0.1) is 0 Å². The first-order valence-electron chi connectivity index (χ1n) is 3.37. The Kier molecular flexibility index (Phi) is 2.46. The molecule has 1 aromatic rings. The highest BCUT2D eigenvalue weighted by Gasteiger charge is 2.00. The molecule has 1 aromatic carbocycles. The molecule has 0 spiro atoms.